The number of benzene rings is 1. The number of amides is 1. The molecule has 1 saturated heterocycles. The van der Waals surface area contributed by atoms with Gasteiger partial charge in [-0.1, -0.05) is 11.6 Å². The van der Waals surface area contributed by atoms with Crippen LogP contribution in [0, 0.1) is 0 Å². The molecule has 2 aromatic rings. The van der Waals surface area contributed by atoms with Crippen LogP contribution in [0.5, 0.6) is 0 Å². The van der Waals surface area contributed by atoms with E-state index >= 15 is 0 Å². The molecule has 1 amide bonds. The van der Waals surface area contributed by atoms with Gasteiger partial charge >= 0.3 is 0 Å². The second kappa shape index (κ2) is 8.97. The Kier molecular flexibility index (Phi) is 7.60. The zero-order valence-corrected chi connectivity index (χ0v) is 15.3. The summed E-state index contributed by atoms with van der Waals surface area (Å²) in [5.41, 5.74) is 7.72. The Labute approximate surface area is 158 Å². The Bertz CT molecular complexity index is 656. The lowest BCUT2D eigenvalue weighted by atomic mass is 10.2. The average Bonchev–Trinajstić information content (AvgIpc) is 2.56. The Morgan fingerprint density at radius 1 is 1.00 bits per heavy atom. The van der Waals surface area contributed by atoms with Crippen LogP contribution in [0.1, 0.15) is 10.5 Å². The zero-order valence-electron chi connectivity index (χ0n) is 12.9. The van der Waals surface area contributed by atoms with E-state index < -0.39 is 0 Å². The molecule has 1 aliphatic heterocycles. The summed E-state index contributed by atoms with van der Waals surface area (Å²) in [7, 11) is 0. The molecular weight excluding hydrogens is 371 g/mol. The van der Waals surface area contributed by atoms with Crippen molar-refractivity contribution in [2.45, 2.75) is 0 Å². The molecule has 3 rings (SSSR count). The summed E-state index contributed by atoms with van der Waals surface area (Å²) in [4.78, 5) is 20.6. The molecule has 0 saturated carbocycles. The third-order valence-electron chi connectivity index (χ3n) is 3.76. The topological polar surface area (TPSA) is 62.5 Å². The molecule has 24 heavy (non-hydrogen) atoms. The highest BCUT2D eigenvalue weighted by molar-refractivity contribution is 6.30. The van der Waals surface area contributed by atoms with Crippen LogP contribution in [0.25, 0.3) is 0 Å². The van der Waals surface area contributed by atoms with Crippen molar-refractivity contribution in [1.82, 2.24) is 9.88 Å². The Balaban J connectivity index is 0.00000144. The number of aromatic nitrogens is 1. The molecule has 130 valence electrons. The Morgan fingerprint density at radius 3 is 2.17 bits per heavy atom. The van der Waals surface area contributed by atoms with E-state index in [2.05, 4.69) is 9.88 Å². The van der Waals surface area contributed by atoms with Gasteiger partial charge in [0.25, 0.3) is 5.91 Å². The molecule has 0 unspecified atom stereocenters. The fourth-order valence-corrected chi connectivity index (χ4v) is 2.64. The number of nitrogen functional groups attached to an aromatic ring is 1. The molecule has 1 fully saturated rings. The number of piperazine rings is 1. The van der Waals surface area contributed by atoms with Crippen molar-refractivity contribution in [1.29, 1.82) is 0 Å². The summed E-state index contributed by atoms with van der Waals surface area (Å²) < 4.78 is 0. The van der Waals surface area contributed by atoms with Crippen molar-refractivity contribution in [3.8, 4) is 0 Å². The van der Waals surface area contributed by atoms with Crippen LogP contribution in [-0.4, -0.2) is 42.0 Å². The van der Waals surface area contributed by atoms with Crippen molar-refractivity contribution in [3.63, 3.8) is 0 Å². The Hall–Kier alpha value is -1.69. The fourth-order valence-electron chi connectivity index (χ4n) is 2.51. The standard InChI is InChI=1S/C16H17ClN4O.2ClH/c17-12-1-4-14(5-2-12)20-7-9-21(10-8-20)16(22)15-6-3-13(18)11-19-15;;/h1-6,11H,7-10,18H2;2*1H. The maximum absolute atomic E-state index is 12.4. The van der Waals surface area contributed by atoms with E-state index in [9.17, 15) is 4.79 Å². The largest absolute Gasteiger partial charge is 0.397 e. The molecule has 2 N–H and O–H groups in total. The van der Waals surface area contributed by atoms with E-state index in [4.69, 9.17) is 17.3 Å². The summed E-state index contributed by atoms with van der Waals surface area (Å²) in [5, 5.41) is 0.729. The first-order chi connectivity index (χ1) is 10.6. The van der Waals surface area contributed by atoms with Gasteiger partial charge in [0.1, 0.15) is 5.69 Å². The minimum atomic E-state index is -0.0456. The van der Waals surface area contributed by atoms with Gasteiger partial charge in [0, 0.05) is 36.9 Å². The number of carbonyl (C=O) groups excluding carboxylic acids is 1. The molecule has 8 heteroatoms. The molecule has 0 bridgehead atoms. The molecule has 0 aliphatic carbocycles. The van der Waals surface area contributed by atoms with Crippen LogP contribution in [0.15, 0.2) is 42.6 Å². The van der Waals surface area contributed by atoms with Crippen molar-refractivity contribution >= 4 is 53.7 Å². The van der Waals surface area contributed by atoms with Gasteiger partial charge in [-0.05, 0) is 36.4 Å². The third-order valence-corrected chi connectivity index (χ3v) is 4.02. The van der Waals surface area contributed by atoms with Crippen LogP contribution < -0.4 is 10.6 Å². The minimum absolute atomic E-state index is 0. The second-order valence-corrected chi connectivity index (χ2v) is 5.67. The van der Waals surface area contributed by atoms with Gasteiger partial charge in [-0.3, -0.25) is 4.79 Å². The first-order valence-corrected chi connectivity index (χ1v) is 7.52. The van der Waals surface area contributed by atoms with Crippen molar-refractivity contribution < 1.29 is 4.79 Å². The van der Waals surface area contributed by atoms with Crippen molar-refractivity contribution in [3.05, 3.63) is 53.3 Å². The number of hydrogen-bond acceptors (Lipinski definition) is 4. The van der Waals surface area contributed by atoms with Crippen molar-refractivity contribution in [2.75, 3.05) is 36.8 Å². The van der Waals surface area contributed by atoms with Crippen LogP contribution in [0.3, 0.4) is 0 Å². The van der Waals surface area contributed by atoms with E-state index in [0.29, 0.717) is 24.5 Å². The maximum atomic E-state index is 12.4. The molecule has 1 aromatic carbocycles. The number of nitrogens with zero attached hydrogens (tertiary/aromatic N) is 3. The van der Waals surface area contributed by atoms with Gasteiger partial charge in [0.15, 0.2) is 0 Å². The van der Waals surface area contributed by atoms with E-state index in [-0.39, 0.29) is 30.7 Å². The van der Waals surface area contributed by atoms with Crippen LogP contribution in [0.4, 0.5) is 11.4 Å². The molecule has 1 aliphatic rings. The Morgan fingerprint density at radius 2 is 1.62 bits per heavy atom. The van der Waals surface area contributed by atoms with E-state index in [1.54, 1.807) is 12.1 Å². The van der Waals surface area contributed by atoms with E-state index in [0.717, 1.165) is 23.8 Å². The highest BCUT2D eigenvalue weighted by Gasteiger charge is 2.22. The number of nitrogens with two attached hydrogens (primary N) is 1. The highest BCUT2D eigenvalue weighted by atomic mass is 35.5. The van der Waals surface area contributed by atoms with E-state index in [1.165, 1.54) is 6.20 Å². The summed E-state index contributed by atoms with van der Waals surface area (Å²) in [6.07, 6.45) is 1.51. The summed E-state index contributed by atoms with van der Waals surface area (Å²) in [5.74, 6) is -0.0456. The normalized spacial score (nSPS) is 13.7. The van der Waals surface area contributed by atoms with Crippen LogP contribution in [-0.2, 0) is 0 Å². The molecule has 1 aromatic heterocycles. The predicted molar refractivity (Wildman–Crippen MR) is 103 cm³/mol. The molecular formula is C16H19Cl3N4O. The smallest absolute Gasteiger partial charge is 0.272 e. The van der Waals surface area contributed by atoms with Gasteiger partial charge in [0.2, 0.25) is 0 Å². The lowest BCUT2D eigenvalue weighted by Gasteiger charge is -2.36. The maximum Gasteiger partial charge on any atom is 0.272 e. The minimum Gasteiger partial charge on any atom is -0.397 e. The van der Waals surface area contributed by atoms with Crippen LogP contribution in [0.2, 0.25) is 5.02 Å². The number of anilines is 2. The van der Waals surface area contributed by atoms with E-state index in [1.807, 2.05) is 29.2 Å². The number of pyridine rings is 1. The lowest BCUT2D eigenvalue weighted by molar-refractivity contribution is 0.0741. The second-order valence-electron chi connectivity index (χ2n) is 5.23. The number of rotatable bonds is 2. The lowest BCUT2D eigenvalue weighted by Crippen LogP contribution is -2.49. The molecule has 0 atom stereocenters. The summed E-state index contributed by atoms with van der Waals surface area (Å²) in [6.45, 7) is 2.94. The number of halogens is 3. The van der Waals surface area contributed by atoms with Gasteiger partial charge < -0.3 is 15.5 Å². The first kappa shape index (κ1) is 20.4. The SMILES string of the molecule is Cl.Cl.Nc1ccc(C(=O)N2CCN(c3ccc(Cl)cc3)CC2)nc1. The zero-order chi connectivity index (χ0) is 15.5. The highest BCUT2D eigenvalue weighted by Crippen LogP contribution is 2.20. The number of hydrogen-bond donors (Lipinski definition) is 1. The average molecular weight is 390 g/mol. The van der Waals surface area contributed by atoms with Gasteiger partial charge in [-0.25, -0.2) is 4.98 Å². The van der Waals surface area contributed by atoms with Gasteiger partial charge in [0.05, 0.1) is 11.9 Å². The molecule has 2 heterocycles. The molecule has 5 nitrogen and oxygen atoms in total. The molecule has 0 spiro atoms. The fraction of sp³-hybridized carbons (Fsp3) is 0.250. The predicted octanol–water partition coefficient (Wildman–Crippen LogP) is 3.12. The third kappa shape index (κ3) is 4.66. The number of carbonyl (C=O) groups is 1. The monoisotopic (exact) mass is 388 g/mol. The summed E-state index contributed by atoms with van der Waals surface area (Å²) in [6, 6.07) is 11.1. The van der Waals surface area contributed by atoms with Gasteiger partial charge in [-0.15, -0.1) is 24.8 Å². The van der Waals surface area contributed by atoms with Crippen molar-refractivity contribution in [2.24, 2.45) is 0 Å². The quantitative estimate of drug-likeness (QED) is 0.857. The first-order valence-electron chi connectivity index (χ1n) is 7.15. The van der Waals surface area contributed by atoms with Gasteiger partial charge in [-0.2, -0.15) is 0 Å². The summed E-state index contributed by atoms with van der Waals surface area (Å²) >= 11 is 5.91. The molecule has 0 radical (unpaired) electrons. The van der Waals surface area contributed by atoms with Crippen LogP contribution >= 0.6 is 36.4 Å².